The molecule has 0 amide bonds. The lowest BCUT2D eigenvalue weighted by Crippen LogP contribution is -2.45. The molecule has 0 aliphatic heterocycles. The van der Waals surface area contributed by atoms with Crippen LogP contribution in [-0.2, 0) is 9.22 Å². The number of nitrogens with zero attached hydrogens (tertiary/aromatic N) is 4. The quantitative estimate of drug-likeness (QED) is 0.265. The van der Waals surface area contributed by atoms with Gasteiger partial charge < -0.3 is 9.53 Å². The molecule has 1 aromatic heterocycles. The van der Waals surface area contributed by atoms with E-state index < -0.39 is 26.4 Å². The van der Waals surface area contributed by atoms with Crippen LogP contribution in [0.3, 0.4) is 0 Å². The summed E-state index contributed by atoms with van der Waals surface area (Å²) in [7, 11) is -2.34. The summed E-state index contributed by atoms with van der Waals surface area (Å²) in [4.78, 5) is 18.2. The Morgan fingerprint density at radius 1 is 1.52 bits per heavy atom. The summed E-state index contributed by atoms with van der Waals surface area (Å²) in [5.41, 5.74) is 9.11. The molecule has 0 fully saturated rings. The van der Waals surface area contributed by atoms with E-state index >= 15 is 0 Å². The van der Waals surface area contributed by atoms with Crippen molar-refractivity contribution in [2.75, 3.05) is 0 Å². The Hall–Kier alpha value is -1.60. The van der Waals surface area contributed by atoms with Gasteiger partial charge in [0.25, 0.3) is 0 Å². The highest BCUT2D eigenvalue weighted by molar-refractivity contribution is 6.74. The average Bonchev–Trinajstić information content (AvgIpc) is 2.42. The van der Waals surface area contributed by atoms with E-state index in [9.17, 15) is 9.90 Å². The van der Waals surface area contributed by atoms with Crippen molar-refractivity contribution in [2.24, 2.45) is 5.11 Å². The first-order valence-corrected chi connectivity index (χ1v) is 10.3. The van der Waals surface area contributed by atoms with Crippen LogP contribution in [0.25, 0.3) is 10.4 Å². The number of halogens is 1. The molecule has 2 atom stereocenters. The van der Waals surface area contributed by atoms with Crippen molar-refractivity contribution in [3.8, 4) is 0 Å². The number of carboxylic acids is 1. The third kappa shape index (κ3) is 4.68. The zero-order chi connectivity index (χ0) is 17.8. The van der Waals surface area contributed by atoms with Crippen molar-refractivity contribution in [1.82, 2.24) is 4.98 Å². The second-order valence-electron chi connectivity index (χ2n) is 6.67. The lowest BCUT2D eigenvalue weighted by atomic mass is 10.1. The smallest absolute Gasteiger partial charge is 0.315 e. The van der Waals surface area contributed by atoms with E-state index in [1.165, 1.54) is 6.20 Å². The number of azide groups is 1. The van der Waals surface area contributed by atoms with Crippen LogP contribution in [0.2, 0.25) is 23.3 Å². The third-order valence-corrected chi connectivity index (χ3v) is 8.81. The summed E-state index contributed by atoms with van der Waals surface area (Å²) in [6.45, 7) is 10.1. The summed E-state index contributed by atoms with van der Waals surface area (Å²) in [5, 5.41) is 12.8. The number of carbonyl (C=O) groups is 1. The number of hydrogen-bond acceptors (Lipinski definition) is 4. The minimum absolute atomic E-state index is 0.135. The molecule has 23 heavy (non-hydrogen) atoms. The average molecular weight is 357 g/mol. The first-order valence-electron chi connectivity index (χ1n) is 7.06. The maximum atomic E-state index is 11.6. The van der Waals surface area contributed by atoms with Crippen LogP contribution in [0.5, 0.6) is 0 Å². The zero-order valence-corrected chi connectivity index (χ0v) is 15.6. The van der Waals surface area contributed by atoms with Gasteiger partial charge in [-0.05, 0) is 29.7 Å². The molecule has 0 bridgehead atoms. The van der Waals surface area contributed by atoms with Gasteiger partial charge in [0.15, 0.2) is 14.4 Å². The zero-order valence-electron chi connectivity index (χ0n) is 13.8. The van der Waals surface area contributed by atoms with Gasteiger partial charge in [-0.1, -0.05) is 43.6 Å². The van der Waals surface area contributed by atoms with Gasteiger partial charge in [0, 0.05) is 16.7 Å². The molecule has 0 aromatic carbocycles. The molecule has 1 rings (SSSR count). The van der Waals surface area contributed by atoms with Crippen LogP contribution in [0.15, 0.2) is 23.4 Å². The van der Waals surface area contributed by atoms with Gasteiger partial charge in [-0.3, -0.25) is 4.79 Å². The van der Waals surface area contributed by atoms with Gasteiger partial charge >= 0.3 is 5.97 Å². The number of hydrogen-bond donors (Lipinski definition) is 1. The Bertz CT molecular complexity index is 625. The molecule has 2 unspecified atom stereocenters. The molecule has 126 valence electrons. The van der Waals surface area contributed by atoms with Gasteiger partial charge in [-0.2, -0.15) is 0 Å². The number of rotatable bonds is 6. The fraction of sp³-hybridized carbons (Fsp3) is 0.571. The topological polar surface area (TPSA) is 108 Å². The molecule has 0 saturated carbocycles. The lowest BCUT2D eigenvalue weighted by molar-refractivity contribution is -0.141. The van der Waals surface area contributed by atoms with Crippen LogP contribution in [0, 0.1) is 0 Å². The standard InChI is InChI=1S/C14H21ClN4O3Si/c1-14(2,3)23(4,5)22-11(10(13(20)21)18-19-16)9-7-6-8-17-12(9)15/h6-8,10-11H,1-5H3,(H,20,21). The largest absolute Gasteiger partial charge is 0.481 e. The number of aliphatic carboxylic acids is 1. The van der Waals surface area contributed by atoms with Crippen molar-refractivity contribution >= 4 is 25.9 Å². The summed E-state index contributed by atoms with van der Waals surface area (Å²) in [5.74, 6) is -1.27. The molecule has 0 saturated heterocycles. The highest BCUT2D eigenvalue weighted by atomic mass is 35.5. The summed E-state index contributed by atoms with van der Waals surface area (Å²) < 4.78 is 6.21. The van der Waals surface area contributed by atoms with Crippen LogP contribution < -0.4 is 0 Å². The Kier molecular flexibility index (Phi) is 6.18. The first kappa shape index (κ1) is 19.4. The monoisotopic (exact) mass is 356 g/mol. The van der Waals surface area contributed by atoms with E-state index in [0.29, 0.717) is 5.56 Å². The normalized spacial score (nSPS) is 14.7. The summed E-state index contributed by atoms with van der Waals surface area (Å²) in [6.07, 6.45) is 0.504. The first-order chi connectivity index (χ1) is 10.5. The maximum Gasteiger partial charge on any atom is 0.315 e. The van der Waals surface area contributed by atoms with Gasteiger partial charge in [0.1, 0.15) is 5.15 Å². The fourth-order valence-electron chi connectivity index (χ4n) is 1.70. The van der Waals surface area contributed by atoms with E-state index in [4.69, 9.17) is 21.6 Å². The molecule has 7 nitrogen and oxygen atoms in total. The molecule has 1 aromatic rings. The van der Waals surface area contributed by atoms with E-state index in [-0.39, 0.29) is 10.2 Å². The second kappa shape index (κ2) is 7.31. The van der Waals surface area contributed by atoms with Crippen molar-refractivity contribution in [3.05, 3.63) is 39.5 Å². The van der Waals surface area contributed by atoms with Crippen molar-refractivity contribution in [2.45, 2.75) is 51.0 Å². The lowest BCUT2D eigenvalue weighted by Gasteiger charge is -2.40. The van der Waals surface area contributed by atoms with Crippen molar-refractivity contribution in [1.29, 1.82) is 0 Å². The molecule has 0 aliphatic rings. The SMILES string of the molecule is CC(C)(C)[Si](C)(C)OC(c1cccnc1Cl)C(N=[N+]=[N-])C(=O)O. The van der Waals surface area contributed by atoms with E-state index in [1.807, 2.05) is 33.9 Å². The number of carboxylic acid groups (broad SMARTS) is 1. The van der Waals surface area contributed by atoms with E-state index in [0.717, 1.165) is 0 Å². The van der Waals surface area contributed by atoms with Crippen molar-refractivity contribution in [3.63, 3.8) is 0 Å². The molecular weight excluding hydrogens is 336 g/mol. The van der Waals surface area contributed by atoms with Gasteiger partial charge in [-0.15, -0.1) is 0 Å². The highest BCUT2D eigenvalue weighted by Gasteiger charge is 2.43. The molecule has 0 radical (unpaired) electrons. The van der Waals surface area contributed by atoms with Crippen LogP contribution in [0.4, 0.5) is 0 Å². The van der Waals surface area contributed by atoms with Gasteiger partial charge in [-0.25, -0.2) is 4.98 Å². The van der Waals surface area contributed by atoms with Crippen LogP contribution in [0.1, 0.15) is 32.4 Å². The van der Waals surface area contributed by atoms with Gasteiger partial charge in [0.2, 0.25) is 0 Å². The Balaban J connectivity index is 3.41. The molecular formula is C14H21ClN4O3Si. The number of pyridine rings is 1. The maximum absolute atomic E-state index is 11.6. The minimum atomic E-state index is -2.34. The highest BCUT2D eigenvalue weighted by Crippen LogP contribution is 2.41. The summed E-state index contributed by atoms with van der Waals surface area (Å²) >= 11 is 6.11. The molecule has 0 aliphatic carbocycles. The minimum Gasteiger partial charge on any atom is -0.481 e. The van der Waals surface area contributed by atoms with Crippen molar-refractivity contribution < 1.29 is 14.3 Å². The summed E-state index contributed by atoms with van der Waals surface area (Å²) in [6, 6.07) is 1.85. The van der Waals surface area contributed by atoms with Gasteiger partial charge in [0.05, 0.1) is 6.10 Å². The molecule has 0 spiro atoms. The fourth-order valence-corrected chi connectivity index (χ4v) is 3.17. The Labute approximate surface area is 141 Å². The predicted octanol–water partition coefficient (Wildman–Crippen LogP) is 4.56. The third-order valence-electron chi connectivity index (χ3n) is 4.04. The Morgan fingerprint density at radius 3 is 2.57 bits per heavy atom. The molecule has 1 N–H and O–H groups in total. The van der Waals surface area contributed by atoms with E-state index in [2.05, 4.69) is 15.0 Å². The predicted molar refractivity (Wildman–Crippen MR) is 90.8 cm³/mol. The molecule has 9 heteroatoms. The van der Waals surface area contributed by atoms with E-state index in [1.54, 1.807) is 12.1 Å². The second-order valence-corrected chi connectivity index (χ2v) is 11.8. The number of aromatic nitrogens is 1. The van der Waals surface area contributed by atoms with Crippen LogP contribution in [-0.4, -0.2) is 30.4 Å². The van der Waals surface area contributed by atoms with Crippen LogP contribution >= 0.6 is 11.6 Å². The Morgan fingerprint density at radius 2 is 2.13 bits per heavy atom. The molecule has 1 heterocycles.